The fourth-order valence-electron chi connectivity index (χ4n) is 7.15. The van der Waals surface area contributed by atoms with Crippen LogP contribution in [-0.4, -0.2) is 36.7 Å². The molecular formula is C37H45NO4. The van der Waals surface area contributed by atoms with Gasteiger partial charge in [-0.25, -0.2) is 0 Å². The van der Waals surface area contributed by atoms with Gasteiger partial charge >= 0.3 is 0 Å². The van der Waals surface area contributed by atoms with Crippen molar-refractivity contribution in [1.82, 2.24) is 4.90 Å². The van der Waals surface area contributed by atoms with Crippen molar-refractivity contribution < 1.29 is 19.1 Å². The molecular weight excluding hydrogens is 522 g/mol. The minimum Gasteiger partial charge on any atom is -0.493 e. The highest BCUT2D eigenvalue weighted by Gasteiger charge is 2.49. The van der Waals surface area contributed by atoms with Gasteiger partial charge in [0.2, 0.25) is 0 Å². The second-order valence-electron chi connectivity index (χ2n) is 13.6. The van der Waals surface area contributed by atoms with Gasteiger partial charge in [-0.1, -0.05) is 70.2 Å². The molecule has 0 aromatic heterocycles. The van der Waals surface area contributed by atoms with Gasteiger partial charge in [-0.2, -0.15) is 0 Å². The lowest BCUT2D eigenvalue weighted by Gasteiger charge is -2.49. The maximum absolute atomic E-state index is 14.2. The molecule has 0 saturated heterocycles. The number of rotatable bonds is 9. The number of Topliss-reactive ketones (excluding diaryl/α,β-unsaturated/α-hetero) is 2. The first-order valence-electron chi connectivity index (χ1n) is 15.3. The lowest BCUT2D eigenvalue weighted by atomic mass is 9.63. The largest absolute Gasteiger partial charge is 0.493 e. The van der Waals surface area contributed by atoms with Crippen LogP contribution in [-0.2, 0) is 22.4 Å². The van der Waals surface area contributed by atoms with Gasteiger partial charge in [0.25, 0.3) is 0 Å². The molecule has 0 atom stereocenters. The van der Waals surface area contributed by atoms with Crippen LogP contribution in [0.3, 0.4) is 0 Å². The fraction of sp³-hybridized carbons (Fsp3) is 0.459. The second-order valence-corrected chi connectivity index (χ2v) is 13.6. The molecule has 0 radical (unpaired) electrons. The van der Waals surface area contributed by atoms with E-state index in [0.29, 0.717) is 37.4 Å². The van der Waals surface area contributed by atoms with Crippen LogP contribution >= 0.6 is 0 Å². The molecule has 2 aromatic carbocycles. The van der Waals surface area contributed by atoms with E-state index in [-0.39, 0.29) is 22.4 Å². The number of nitrogens with zero attached hydrogens (tertiary/aromatic N) is 1. The molecule has 2 aromatic rings. The Balaban J connectivity index is 1.75. The Morgan fingerprint density at radius 1 is 0.929 bits per heavy atom. The van der Waals surface area contributed by atoms with E-state index in [1.807, 2.05) is 25.1 Å². The molecule has 5 heteroatoms. The maximum Gasteiger partial charge on any atom is 0.164 e. The van der Waals surface area contributed by atoms with E-state index in [9.17, 15) is 9.59 Å². The number of hydrogen-bond donors (Lipinski definition) is 0. The predicted octanol–water partition coefficient (Wildman–Crippen LogP) is 7.75. The van der Waals surface area contributed by atoms with Gasteiger partial charge in [-0.05, 0) is 60.6 Å². The van der Waals surface area contributed by atoms with Crippen LogP contribution in [0.15, 0.2) is 77.7 Å². The third-order valence-electron chi connectivity index (χ3n) is 8.85. The van der Waals surface area contributed by atoms with Crippen LogP contribution in [0.2, 0.25) is 0 Å². The molecule has 42 heavy (non-hydrogen) atoms. The number of carbonyl (C=O) groups is 2. The van der Waals surface area contributed by atoms with Crippen LogP contribution in [0.1, 0.15) is 82.9 Å². The molecule has 0 fully saturated rings. The second kappa shape index (κ2) is 11.6. The molecule has 0 unspecified atom stereocenters. The summed E-state index contributed by atoms with van der Waals surface area (Å²) in [5.41, 5.74) is 6.51. The summed E-state index contributed by atoms with van der Waals surface area (Å²) in [6.07, 6.45) is 5.79. The zero-order valence-electron chi connectivity index (χ0n) is 26.1. The molecule has 2 aliphatic carbocycles. The summed E-state index contributed by atoms with van der Waals surface area (Å²) in [7, 11) is 1.64. The Morgan fingerprint density at radius 2 is 1.52 bits per heavy atom. The maximum atomic E-state index is 14.2. The predicted molar refractivity (Wildman–Crippen MR) is 168 cm³/mol. The van der Waals surface area contributed by atoms with E-state index < -0.39 is 5.92 Å². The summed E-state index contributed by atoms with van der Waals surface area (Å²) in [6.45, 7) is 15.9. The van der Waals surface area contributed by atoms with Crippen molar-refractivity contribution in [3.05, 3.63) is 94.4 Å². The minimum atomic E-state index is -0.427. The zero-order chi connectivity index (χ0) is 30.2. The molecule has 3 aliphatic rings. The molecule has 1 heterocycles. The van der Waals surface area contributed by atoms with Gasteiger partial charge in [-0.15, -0.1) is 6.58 Å². The Labute approximate surface area is 251 Å². The van der Waals surface area contributed by atoms with Crippen LogP contribution in [0.25, 0.3) is 0 Å². The van der Waals surface area contributed by atoms with Crippen molar-refractivity contribution in [2.75, 3.05) is 20.3 Å². The minimum absolute atomic E-state index is 0.137. The molecule has 0 bridgehead atoms. The first-order chi connectivity index (χ1) is 20.0. The SMILES string of the molecule is C=CCc1cc(C2C3=C(CC(C)(C)CC3=O)N(CCc3ccccc3)C3=C2C(=O)CC(C)(C)C3)cc(OC)c1OCC. The fourth-order valence-corrected chi connectivity index (χ4v) is 7.15. The van der Waals surface area contributed by atoms with Crippen LogP contribution in [0.5, 0.6) is 11.5 Å². The highest BCUT2D eigenvalue weighted by molar-refractivity contribution is 6.06. The smallest absolute Gasteiger partial charge is 0.164 e. The molecule has 0 saturated carbocycles. The van der Waals surface area contributed by atoms with Gasteiger partial charge < -0.3 is 14.4 Å². The summed E-state index contributed by atoms with van der Waals surface area (Å²) in [5, 5.41) is 0. The van der Waals surface area contributed by atoms with E-state index in [1.165, 1.54) is 5.56 Å². The molecule has 0 amide bonds. The highest BCUT2D eigenvalue weighted by Crippen LogP contribution is 2.55. The van der Waals surface area contributed by atoms with Gasteiger partial charge in [0.1, 0.15) is 0 Å². The first-order valence-corrected chi connectivity index (χ1v) is 15.3. The molecule has 0 spiro atoms. The van der Waals surface area contributed by atoms with Crippen molar-refractivity contribution in [2.24, 2.45) is 10.8 Å². The van der Waals surface area contributed by atoms with Crippen molar-refractivity contribution in [2.45, 2.75) is 79.1 Å². The average molecular weight is 568 g/mol. The topological polar surface area (TPSA) is 55.8 Å². The lowest BCUT2D eigenvalue weighted by Crippen LogP contribution is -2.45. The molecule has 1 aliphatic heterocycles. The summed E-state index contributed by atoms with van der Waals surface area (Å²) in [5.74, 6) is 1.16. The third-order valence-corrected chi connectivity index (χ3v) is 8.85. The Kier molecular flexibility index (Phi) is 8.24. The lowest BCUT2D eigenvalue weighted by molar-refractivity contribution is -0.119. The van der Waals surface area contributed by atoms with Crippen LogP contribution in [0.4, 0.5) is 0 Å². The van der Waals surface area contributed by atoms with E-state index in [2.05, 4.69) is 69.5 Å². The van der Waals surface area contributed by atoms with Crippen molar-refractivity contribution in [3.8, 4) is 11.5 Å². The number of methoxy groups -OCH3 is 1. The number of ketones is 2. The Bertz CT molecular complexity index is 1410. The van der Waals surface area contributed by atoms with Crippen molar-refractivity contribution in [1.29, 1.82) is 0 Å². The van der Waals surface area contributed by atoms with Gasteiger partial charge in [0, 0.05) is 53.4 Å². The Morgan fingerprint density at radius 3 is 2.05 bits per heavy atom. The normalized spacial score (nSPS) is 19.9. The number of carbonyl (C=O) groups excluding carboxylic acids is 2. The summed E-state index contributed by atoms with van der Waals surface area (Å²) < 4.78 is 11.9. The van der Waals surface area contributed by atoms with Gasteiger partial charge in [0.15, 0.2) is 23.1 Å². The standard InChI is InChI=1S/C37H45NO4/c1-8-13-25-18-26(19-31(41-7)35(25)42-9-2)32-33-27(20-36(3,4)22-29(33)39)38(17-16-24-14-11-10-12-15-24)28-21-37(5,6)23-30(40)34(28)32/h8,10-12,14-15,18-19,32H,1,9,13,16-17,20-23H2,2-7H3. The van der Waals surface area contributed by atoms with Gasteiger partial charge in [0.05, 0.1) is 13.7 Å². The number of allylic oxidation sites excluding steroid dienone is 5. The highest BCUT2D eigenvalue weighted by atomic mass is 16.5. The number of ether oxygens (including phenoxy) is 2. The summed E-state index contributed by atoms with van der Waals surface area (Å²) >= 11 is 0. The monoisotopic (exact) mass is 567 g/mol. The summed E-state index contributed by atoms with van der Waals surface area (Å²) in [4.78, 5) is 30.8. The molecule has 5 rings (SSSR count). The van der Waals surface area contributed by atoms with Crippen molar-refractivity contribution >= 4 is 11.6 Å². The third kappa shape index (κ3) is 5.71. The van der Waals surface area contributed by atoms with Crippen molar-refractivity contribution in [3.63, 3.8) is 0 Å². The van der Waals surface area contributed by atoms with Crippen LogP contribution < -0.4 is 9.47 Å². The van der Waals surface area contributed by atoms with E-state index in [4.69, 9.17) is 9.47 Å². The summed E-state index contributed by atoms with van der Waals surface area (Å²) in [6, 6.07) is 14.6. The van der Waals surface area contributed by atoms with Crippen LogP contribution in [0, 0.1) is 10.8 Å². The Hall–Kier alpha value is -3.60. The average Bonchev–Trinajstić information content (AvgIpc) is 2.92. The molecule has 5 nitrogen and oxygen atoms in total. The quantitative estimate of drug-likeness (QED) is 0.290. The number of benzene rings is 2. The van der Waals surface area contributed by atoms with E-state index >= 15 is 0 Å². The van der Waals surface area contributed by atoms with E-state index in [0.717, 1.165) is 59.5 Å². The molecule has 222 valence electrons. The van der Waals surface area contributed by atoms with Gasteiger partial charge in [-0.3, -0.25) is 9.59 Å². The van der Waals surface area contributed by atoms with E-state index in [1.54, 1.807) is 7.11 Å². The zero-order valence-corrected chi connectivity index (χ0v) is 26.1. The number of hydrogen-bond acceptors (Lipinski definition) is 5. The first kappa shape index (κ1) is 29.9. The molecule has 0 N–H and O–H groups in total.